The number of rotatable bonds is 3. The van der Waals surface area contributed by atoms with Gasteiger partial charge in [-0.3, -0.25) is 4.79 Å². The molecule has 0 fully saturated rings. The van der Waals surface area contributed by atoms with Crippen LogP contribution in [0.25, 0.3) is 0 Å². The second-order valence-corrected chi connectivity index (χ2v) is 3.43. The Morgan fingerprint density at radius 1 is 1.44 bits per heavy atom. The van der Waals surface area contributed by atoms with Gasteiger partial charge >= 0.3 is 12.1 Å². The predicted octanol–water partition coefficient (Wildman–Crippen LogP) is 1.50. The summed E-state index contributed by atoms with van der Waals surface area (Å²) in [4.78, 5) is 10.7. The quantitative estimate of drug-likeness (QED) is 0.770. The Morgan fingerprint density at radius 2 is 2.00 bits per heavy atom. The van der Waals surface area contributed by atoms with Crippen LogP contribution in [0, 0.1) is 0 Å². The standard InChI is InChI=1S/C10H10F3NO4/c1-18-4-2-5(7(14)9(16)17)8(15)6(3-4)10(11,12)13/h2-3,7,15H,14H2,1H3,(H,16,17). The lowest BCUT2D eigenvalue weighted by Crippen LogP contribution is -2.21. The van der Waals surface area contributed by atoms with Gasteiger partial charge in [-0.05, 0) is 12.1 Å². The third-order valence-electron chi connectivity index (χ3n) is 2.26. The number of ether oxygens (including phenoxy) is 1. The minimum absolute atomic E-state index is 0.244. The molecule has 0 aliphatic rings. The van der Waals surface area contributed by atoms with Crippen LogP contribution < -0.4 is 10.5 Å². The second kappa shape index (κ2) is 4.73. The van der Waals surface area contributed by atoms with Crippen molar-refractivity contribution < 1.29 is 32.9 Å². The number of phenols is 1. The molecule has 1 atom stereocenters. The van der Waals surface area contributed by atoms with Gasteiger partial charge in [0.2, 0.25) is 0 Å². The molecule has 5 nitrogen and oxygen atoms in total. The van der Waals surface area contributed by atoms with E-state index in [1.165, 1.54) is 0 Å². The molecule has 0 spiro atoms. The van der Waals surface area contributed by atoms with Crippen molar-refractivity contribution in [2.45, 2.75) is 12.2 Å². The van der Waals surface area contributed by atoms with E-state index in [1.807, 2.05) is 0 Å². The van der Waals surface area contributed by atoms with Crippen LogP contribution in [0.2, 0.25) is 0 Å². The molecule has 0 aliphatic heterocycles. The molecule has 0 bridgehead atoms. The van der Waals surface area contributed by atoms with Crippen molar-refractivity contribution in [3.63, 3.8) is 0 Å². The number of carboxylic acid groups (broad SMARTS) is 1. The van der Waals surface area contributed by atoms with E-state index in [0.717, 1.165) is 13.2 Å². The molecule has 0 heterocycles. The lowest BCUT2D eigenvalue weighted by atomic mass is 10.0. The summed E-state index contributed by atoms with van der Waals surface area (Å²) < 4.78 is 42.4. The fraction of sp³-hybridized carbons (Fsp3) is 0.300. The summed E-state index contributed by atoms with van der Waals surface area (Å²) in [5.41, 5.74) is 3.24. The maximum absolute atomic E-state index is 12.6. The van der Waals surface area contributed by atoms with E-state index in [9.17, 15) is 23.1 Å². The van der Waals surface area contributed by atoms with Crippen LogP contribution in [-0.4, -0.2) is 23.3 Å². The zero-order valence-corrected chi connectivity index (χ0v) is 9.15. The van der Waals surface area contributed by atoms with Crippen molar-refractivity contribution in [2.75, 3.05) is 7.11 Å². The lowest BCUT2D eigenvalue weighted by molar-refractivity contribution is -0.141. The molecule has 1 unspecified atom stereocenters. The van der Waals surface area contributed by atoms with Gasteiger partial charge in [0.25, 0.3) is 0 Å². The number of carboxylic acids is 1. The Kier molecular flexibility index (Phi) is 3.70. The minimum Gasteiger partial charge on any atom is -0.507 e. The number of methoxy groups -OCH3 is 1. The van der Waals surface area contributed by atoms with E-state index < -0.39 is 35.1 Å². The van der Waals surface area contributed by atoms with Gasteiger partial charge < -0.3 is 20.7 Å². The van der Waals surface area contributed by atoms with Crippen molar-refractivity contribution >= 4 is 5.97 Å². The Hall–Kier alpha value is -1.96. The zero-order valence-electron chi connectivity index (χ0n) is 9.15. The Bertz CT molecular complexity index is 473. The number of benzene rings is 1. The van der Waals surface area contributed by atoms with Gasteiger partial charge in [0.15, 0.2) is 0 Å². The van der Waals surface area contributed by atoms with Crippen molar-refractivity contribution in [1.29, 1.82) is 0 Å². The fourth-order valence-corrected chi connectivity index (χ4v) is 1.33. The topological polar surface area (TPSA) is 92.8 Å². The number of carbonyl (C=O) groups is 1. The molecule has 0 saturated carbocycles. The SMILES string of the molecule is COc1cc(C(N)C(=O)O)c(O)c(C(F)(F)F)c1. The molecule has 0 radical (unpaired) electrons. The van der Waals surface area contributed by atoms with Gasteiger partial charge in [-0.1, -0.05) is 0 Å². The Labute approximate surface area is 99.6 Å². The third kappa shape index (κ3) is 2.65. The lowest BCUT2D eigenvalue weighted by Gasteiger charge is -2.16. The number of aromatic hydroxyl groups is 1. The van der Waals surface area contributed by atoms with Crippen LogP contribution >= 0.6 is 0 Å². The number of halogens is 3. The first-order chi connectivity index (χ1) is 8.18. The van der Waals surface area contributed by atoms with E-state index in [0.29, 0.717) is 6.07 Å². The Balaban J connectivity index is 3.48. The molecule has 4 N–H and O–H groups in total. The van der Waals surface area contributed by atoms with Crippen LogP contribution in [0.5, 0.6) is 11.5 Å². The molecule has 1 aromatic carbocycles. The summed E-state index contributed by atoms with van der Waals surface area (Å²) in [6, 6.07) is -0.266. The fourth-order valence-electron chi connectivity index (χ4n) is 1.33. The third-order valence-corrected chi connectivity index (χ3v) is 2.26. The summed E-state index contributed by atoms with van der Waals surface area (Å²) in [7, 11) is 1.11. The summed E-state index contributed by atoms with van der Waals surface area (Å²) in [5.74, 6) is -3.02. The summed E-state index contributed by atoms with van der Waals surface area (Å²) in [5, 5.41) is 18.1. The maximum atomic E-state index is 12.6. The molecule has 0 saturated heterocycles. The van der Waals surface area contributed by atoms with Crippen molar-refractivity contribution in [3.8, 4) is 11.5 Å². The highest BCUT2D eigenvalue weighted by atomic mass is 19.4. The molecule has 8 heteroatoms. The maximum Gasteiger partial charge on any atom is 0.420 e. The number of hydrogen-bond donors (Lipinski definition) is 3. The van der Waals surface area contributed by atoms with Crippen LogP contribution in [-0.2, 0) is 11.0 Å². The van der Waals surface area contributed by atoms with Gasteiger partial charge in [0.1, 0.15) is 23.1 Å². The Morgan fingerprint density at radius 3 is 2.39 bits per heavy atom. The molecule has 100 valence electrons. The molecular weight excluding hydrogens is 255 g/mol. The van der Waals surface area contributed by atoms with E-state index in [2.05, 4.69) is 4.74 Å². The van der Waals surface area contributed by atoms with Crippen LogP contribution in [0.1, 0.15) is 17.2 Å². The minimum atomic E-state index is -4.84. The summed E-state index contributed by atoms with van der Waals surface area (Å²) in [6.45, 7) is 0. The van der Waals surface area contributed by atoms with Crippen molar-refractivity contribution in [3.05, 3.63) is 23.3 Å². The van der Waals surface area contributed by atoms with Crippen LogP contribution in [0.4, 0.5) is 13.2 Å². The van der Waals surface area contributed by atoms with E-state index >= 15 is 0 Å². The highest BCUT2D eigenvalue weighted by Crippen LogP contribution is 2.41. The number of alkyl halides is 3. The molecule has 1 aromatic rings. The van der Waals surface area contributed by atoms with Crippen molar-refractivity contribution in [1.82, 2.24) is 0 Å². The molecule has 18 heavy (non-hydrogen) atoms. The number of phenolic OH excluding ortho intramolecular Hbond substituents is 1. The molecule has 0 aromatic heterocycles. The first kappa shape index (κ1) is 14.1. The average molecular weight is 265 g/mol. The number of nitrogens with two attached hydrogens (primary N) is 1. The molecule has 1 rings (SSSR count). The zero-order chi connectivity index (χ0) is 14.1. The average Bonchev–Trinajstić information content (AvgIpc) is 2.26. The summed E-state index contributed by atoms with van der Waals surface area (Å²) in [6.07, 6.45) is -4.84. The highest BCUT2D eigenvalue weighted by molar-refractivity contribution is 5.77. The van der Waals surface area contributed by atoms with Crippen molar-refractivity contribution in [2.24, 2.45) is 5.73 Å². The second-order valence-electron chi connectivity index (χ2n) is 3.43. The van der Waals surface area contributed by atoms with Crippen LogP contribution in [0.15, 0.2) is 12.1 Å². The molecule has 0 amide bonds. The summed E-state index contributed by atoms with van der Waals surface area (Å²) >= 11 is 0. The van der Waals surface area contributed by atoms with Gasteiger partial charge in [-0.15, -0.1) is 0 Å². The smallest absolute Gasteiger partial charge is 0.420 e. The van der Waals surface area contributed by atoms with E-state index in [-0.39, 0.29) is 5.75 Å². The van der Waals surface area contributed by atoms with Gasteiger partial charge in [-0.2, -0.15) is 13.2 Å². The first-order valence-electron chi connectivity index (χ1n) is 4.65. The molecule has 0 aliphatic carbocycles. The normalized spacial score (nSPS) is 13.2. The van der Waals surface area contributed by atoms with Gasteiger partial charge in [0, 0.05) is 5.56 Å². The number of aliphatic carboxylic acids is 1. The van der Waals surface area contributed by atoms with Gasteiger partial charge in [-0.25, -0.2) is 0 Å². The highest BCUT2D eigenvalue weighted by Gasteiger charge is 2.37. The van der Waals surface area contributed by atoms with E-state index in [1.54, 1.807) is 0 Å². The van der Waals surface area contributed by atoms with E-state index in [4.69, 9.17) is 10.8 Å². The first-order valence-corrected chi connectivity index (χ1v) is 4.65. The van der Waals surface area contributed by atoms with Gasteiger partial charge in [0.05, 0.1) is 7.11 Å². The van der Waals surface area contributed by atoms with Crippen LogP contribution in [0.3, 0.4) is 0 Å². The predicted molar refractivity (Wildman–Crippen MR) is 54.2 cm³/mol. The largest absolute Gasteiger partial charge is 0.507 e. The monoisotopic (exact) mass is 265 g/mol. The molecular formula is C10H10F3NO4. The number of hydrogen-bond acceptors (Lipinski definition) is 4.